The fourth-order valence-corrected chi connectivity index (χ4v) is 4.69. The number of hydrogen-bond acceptors (Lipinski definition) is 5. The first-order valence-corrected chi connectivity index (χ1v) is 11.7. The van der Waals surface area contributed by atoms with Crippen molar-refractivity contribution < 1.29 is 18.0 Å². The number of amides is 3. The summed E-state index contributed by atoms with van der Waals surface area (Å²) in [6, 6.07) is 15.0. The highest BCUT2D eigenvalue weighted by Gasteiger charge is 2.24. The van der Waals surface area contributed by atoms with E-state index in [1.807, 2.05) is 11.0 Å². The molecule has 1 aliphatic rings. The second-order valence-electron chi connectivity index (χ2n) is 7.82. The minimum atomic E-state index is -3.77. The van der Waals surface area contributed by atoms with E-state index in [0.717, 1.165) is 0 Å². The molecule has 2 aromatic carbocycles. The summed E-state index contributed by atoms with van der Waals surface area (Å²) in [5.41, 5.74) is 0.966. The van der Waals surface area contributed by atoms with Crippen LogP contribution >= 0.6 is 0 Å². The van der Waals surface area contributed by atoms with E-state index in [0.29, 0.717) is 37.6 Å². The van der Waals surface area contributed by atoms with Crippen LogP contribution in [-0.4, -0.2) is 88.9 Å². The van der Waals surface area contributed by atoms with Crippen molar-refractivity contribution in [2.24, 2.45) is 0 Å². The fourth-order valence-electron chi connectivity index (χ4n) is 3.45. The first-order chi connectivity index (χ1) is 15.2. The van der Waals surface area contributed by atoms with Gasteiger partial charge in [0.1, 0.15) is 0 Å². The van der Waals surface area contributed by atoms with Gasteiger partial charge in [-0.15, -0.1) is 0 Å². The number of sulfonamides is 1. The molecule has 0 atom stereocenters. The zero-order valence-corrected chi connectivity index (χ0v) is 19.4. The highest BCUT2D eigenvalue weighted by atomic mass is 32.2. The van der Waals surface area contributed by atoms with Crippen molar-refractivity contribution in [3.05, 3.63) is 54.6 Å². The fraction of sp³-hybridized carbons (Fsp3) is 0.364. The quantitative estimate of drug-likeness (QED) is 0.711. The molecule has 0 saturated carbocycles. The van der Waals surface area contributed by atoms with Gasteiger partial charge in [0.2, 0.25) is 5.91 Å². The highest BCUT2D eigenvalue weighted by molar-refractivity contribution is 7.92. The third-order valence-corrected chi connectivity index (χ3v) is 7.07. The molecule has 10 heteroatoms. The number of nitrogens with zero attached hydrogens (tertiary/aromatic N) is 4. The molecule has 0 bridgehead atoms. The Hall–Kier alpha value is -3.11. The summed E-state index contributed by atoms with van der Waals surface area (Å²) in [7, 11) is 1.16. The number of benzene rings is 2. The second kappa shape index (κ2) is 10.0. The molecule has 3 rings (SSSR count). The number of rotatable bonds is 6. The van der Waals surface area contributed by atoms with Gasteiger partial charge in [-0.3, -0.25) is 14.0 Å². The maximum atomic E-state index is 13.0. The molecule has 0 aromatic heterocycles. The maximum absolute atomic E-state index is 13.0. The predicted molar refractivity (Wildman–Crippen MR) is 124 cm³/mol. The summed E-state index contributed by atoms with van der Waals surface area (Å²) in [6.45, 7) is 2.49. The number of hydrogen-bond donors (Lipinski definition) is 1. The number of anilines is 2. The molecule has 0 aliphatic carbocycles. The lowest BCUT2D eigenvalue weighted by Crippen LogP contribution is -2.52. The molecule has 1 N–H and O–H groups in total. The lowest BCUT2D eigenvalue weighted by atomic mass is 10.3. The van der Waals surface area contributed by atoms with Crippen LogP contribution in [0.4, 0.5) is 16.2 Å². The van der Waals surface area contributed by atoms with Crippen molar-refractivity contribution in [1.82, 2.24) is 14.7 Å². The normalized spacial score (nSPS) is 14.7. The highest BCUT2D eigenvalue weighted by Crippen LogP contribution is 2.23. The van der Waals surface area contributed by atoms with Gasteiger partial charge in [-0.1, -0.05) is 24.3 Å². The lowest BCUT2D eigenvalue weighted by Gasteiger charge is -2.35. The lowest BCUT2D eigenvalue weighted by molar-refractivity contribution is -0.117. The van der Waals surface area contributed by atoms with Crippen LogP contribution in [0.1, 0.15) is 0 Å². The smallest absolute Gasteiger partial charge is 0.319 e. The van der Waals surface area contributed by atoms with Crippen molar-refractivity contribution in [2.75, 3.05) is 63.5 Å². The monoisotopic (exact) mass is 459 g/mol. The second-order valence-corrected chi connectivity index (χ2v) is 9.79. The largest absolute Gasteiger partial charge is 0.331 e. The van der Waals surface area contributed by atoms with E-state index in [-0.39, 0.29) is 23.4 Å². The van der Waals surface area contributed by atoms with E-state index in [9.17, 15) is 18.0 Å². The predicted octanol–water partition coefficient (Wildman–Crippen LogP) is 1.75. The molecular formula is C22H29N5O4S. The van der Waals surface area contributed by atoms with Gasteiger partial charge in [0, 0.05) is 53.0 Å². The Morgan fingerprint density at radius 2 is 1.59 bits per heavy atom. The number of piperazine rings is 1. The van der Waals surface area contributed by atoms with Gasteiger partial charge in [-0.25, -0.2) is 13.2 Å². The zero-order chi connectivity index (χ0) is 23.3. The van der Waals surface area contributed by atoms with Gasteiger partial charge in [0.25, 0.3) is 10.0 Å². The van der Waals surface area contributed by atoms with Gasteiger partial charge in [0.05, 0.1) is 17.1 Å². The average molecular weight is 460 g/mol. The SMILES string of the molecule is CN(C)C(=O)N1CCN(CC(=O)Nc2cccc(S(=O)(=O)N(C)c3ccccc3)c2)CC1. The summed E-state index contributed by atoms with van der Waals surface area (Å²) < 4.78 is 27.2. The molecule has 172 valence electrons. The molecule has 2 aromatic rings. The number of urea groups is 1. The zero-order valence-electron chi connectivity index (χ0n) is 18.6. The molecule has 0 unspecified atom stereocenters. The molecule has 1 fully saturated rings. The molecule has 9 nitrogen and oxygen atoms in total. The van der Waals surface area contributed by atoms with Crippen LogP contribution in [0.3, 0.4) is 0 Å². The molecule has 0 spiro atoms. The first kappa shape index (κ1) is 23.6. The number of carbonyl (C=O) groups excluding carboxylic acids is 2. The Morgan fingerprint density at radius 1 is 0.938 bits per heavy atom. The van der Waals surface area contributed by atoms with E-state index in [1.54, 1.807) is 60.3 Å². The van der Waals surface area contributed by atoms with Crippen LogP contribution < -0.4 is 9.62 Å². The molecular weight excluding hydrogens is 430 g/mol. The van der Waals surface area contributed by atoms with Crippen molar-refractivity contribution >= 4 is 33.3 Å². The maximum Gasteiger partial charge on any atom is 0.319 e. The van der Waals surface area contributed by atoms with Crippen LogP contribution in [-0.2, 0) is 14.8 Å². The minimum Gasteiger partial charge on any atom is -0.331 e. The van der Waals surface area contributed by atoms with Gasteiger partial charge in [-0.2, -0.15) is 0 Å². The van der Waals surface area contributed by atoms with Gasteiger partial charge in [0.15, 0.2) is 0 Å². The van der Waals surface area contributed by atoms with Gasteiger partial charge < -0.3 is 15.1 Å². The number of nitrogens with one attached hydrogen (secondary N) is 1. The minimum absolute atomic E-state index is 0.0346. The topological polar surface area (TPSA) is 93.3 Å². The summed E-state index contributed by atoms with van der Waals surface area (Å²) in [5, 5.41) is 2.78. The van der Waals surface area contributed by atoms with E-state index < -0.39 is 10.0 Å². The van der Waals surface area contributed by atoms with Gasteiger partial charge >= 0.3 is 6.03 Å². The van der Waals surface area contributed by atoms with E-state index in [2.05, 4.69) is 5.32 Å². The number of carbonyl (C=O) groups is 2. The first-order valence-electron chi connectivity index (χ1n) is 10.3. The van der Waals surface area contributed by atoms with Crippen LogP contribution in [0.15, 0.2) is 59.5 Å². The Kier molecular flexibility index (Phi) is 7.37. The average Bonchev–Trinajstić information content (AvgIpc) is 2.79. The number of para-hydroxylation sites is 1. The Balaban J connectivity index is 1.60. The van der Waals surface area contributed by atoms with Crippen LogP contribution in [0.2, 0.25) is 0 Å². The third kappa shape index (κ3) is 5.57. The molecule has 0 radical (unpaired) electrons. The Morgan fingerprint density at radius 3 is 2.22 bits per heavy atom. The van der Waals surface area contributed by atoms with E-state index in [4.69, 9.17) is 0 Å². The van der Waals surface area contributed by atoms with Crippen LogP contribution in [0, 0.1) is 0 Å². The molecule has 1 saturated heterocycles. The Bertz CT molecular complexity index is 1050. The summed E-state index contributed by atoms with van der Waals surface area (Å²) >= 11 is 0. The summed E-state index contributed by atoms with van der Waals surface area (Å²) in [6.07, 6.45) is 0. The van der Waals surface area contributed by atoms with E-state index in [1.165, 1.54) is 23.5 Å². The summed E-state index contributed by atoms with van der Waals surface area (Å²) in [5.74, 6) is -0.233. The van der Waals surface area contributed by atoms with E-state index >= 15 is 0 Å². The van der Waals surface area contributed by atoms with Crippen molar-refractivity contribution in [3.63, 3.8) is 0 Å². The molecule has 1 heterocycles. The molecule has 3 amide bonds. The van der Waals surface area contributed by atoms with Crippen LogP contribution in [0.25, 0.3) is 0 Å². The Labute approximate surface area is 189 Å². The molecule has 32 heavy (non-hydrogen) atoms. The van der Waals surface area contributed by atoms with Crippen LogP contribution in [0.5, 0.6) is 0 Å². The van der Waals surface area contributed by atoms with Crippen molar-refractivity contribution in [2.45, 2.75) is 4.90 Å². The standard InChI is InChI=1S/C22H29N5O4S/c1-24(2)22(29)27-14-12-26(13-15-27)17-21(28)23-18-8-7-11-20(16-18)32(30,31)25(3)19-9-5-4-6-10-19/h4-11,16H,12-15,17H2,1-3H3,(H,23,28). The van der Waals surface area contributed by atoms with Gasteiger partial charge in [-0.05, 0) is 30.3 Å². The summed E-state index contributed by atoms with van der Waals surface area (Å²) in [4.78, 5) is 29.9. The molecule has 1 aliphatic heterocycles. The third-order valence-electron chi connectivity index (χ3n) is 5.29. The van der Waals surface area contributed by atoms with Crippen molar-refractivity contribution in [1.29, 1.82) is 0 Å². The van der Waals surface area contributed by atoms with Crippen molar-refractivity contribution in [3.8, 4) is 0 Å².